The second-order valence-corrected chi connectivity index (χ2v) is 5.87. The first-order chi connectivity index (χ1) is 9.90. The van der Waals surface area contributed by atoms with Crippen LogP contribution in [0.5, 0.6) is 0 Å². The van der Waals surface area contributed by atoms with Crippen LogP contribution in [0.2, 0.25) is 0 Å². The lowest BCUT2D eigenvalue weighted by Gasteiger charge is -2.07. The van der Waals surface area contributed by atoms with Crippen molar-refractivity contribution in [3.63, 3.8) is 0 Å². The van der Waals surface area contributed by atoms with Gasteiger partial charge in [-0.1, -0.05) is 6.92 Å². The van der Waals surface area contributed by atoms with Crippen LogP contribution in [0.1, 0.15) is 23.7 Å². The van der Waals surface area contributed by atoms with E-state index in [9.17, 15) is 18.0 Å². The Balaban J connectivity index is 2.65. The van der Waals surface area contributed by atoms with Crippen LogP contribution in [0.4, 0.5) is 0 Å². The van der Waals surface area contributed by atoms with Crippen LogP contribution in [-0.2, 0) is 19.6 Å². The van der Waals surface area contributed by atoms with Crippen molar-refractivity contribution in [1.82, 2.24) is 10.0 Å². The molecule has 1 rings (SSSR count). The van der Waals surface area contributed by atoms with E-state index in [2.05, 4.69) is 14.8 Å². The molecule has 1 aromatic carbocycles. The molecule has 0 aromatic heterocycles. The lowest BCUT2D eigenvalue weighted by molar-refractivity contribution is -0.140. The number of ether oxygens (including phenoxy) is 1. The molecule has 0 aliphatic rings. The minimum Gasteiger partial charge on any atom is -0.469 e. The fraction of sp³-hybridized carbons (Fsp3) is 0.385. The Labute approximate surface area is 123 Å². The van der Waals surface area contributed by atoms with Crippen molar-refractivity contribution in [2.45, 2.75) is 18.2 Å². The van der Waals surface area contributed by atoms with Gasteiger partial charge in [-0.3, -0.25) is 9.59 Å². The van der Waals surface area contributed by atoms with Crippen molar-refractivity contribution in [2.75, 3.05) is 20.2 Å². The summed E-state index contributed by atoms with van der Waals surface area (Å²) in [5.74, 6) is -0.798. The van der Waals surface area contributed by atoms with Gasteiger partial charge in [0.1, 0.15) is 0 Å². The van der Waals surface area contributed by atoms with Crippen LogP contribution in [0.25, 0.3) is 0 Å². The van der Waals surface area contributed by atoms with E-state index in [-0.39, 0.29) is 30.3 Å². The summed E-state index contributed by atoms with van der Waals surface area (Å²) in [4.78, 5) is 22.8. The molecule has 0 aliphatic heterocycles. The fourth-order valence-electron chi connectivity index (χ4n) is 1.54. The van der Waals surface area contributed by atoms with Gasteiger partial charge in [0.2, 0.25) is 10.0 Å². The van der Waals surface area contributed by atoms with Gasteiger partial charge in [0.15, 0.2) is 0 Å². The summed E-state index contributed by atoms with van der Waals surface area (Å²) < 4.78 is 30.3. The summed E-state index contributed by atoms with van der Waals surface area (Å²) in [7, 11) is -2.26. The molecular weight excluding hydrogens is 296 g/mol. The van der Waals surface area contributed by atoms with E-state index in [0.29, 0.717) is 5.56 Å². The quantitative estimate of drug-likeness (QED) is 0.704. The van der Waals surface area contributed by atoms with Gasteiger partial charge in [0, 0.05) is 18.7 Å². The number of rotatable bonds is 7. The Hall–Kier alpha value is -1.93. The molecule has 0 bridgehead atoms. The molecule has 0 aliphatic carbocycles. The van der Waals surface area contributed by atoms with Gasteiger partial charge in [0.05, 0.1) is 18.4 Å². The molecule has 0 unspecified atom stereocenters. The first-order valence-electron chi connectivity index (χ1n) is 6.35. The standard InChI is InChI=1S/C13H18N2O5S/c1-3-15-21(18,19)11-6-4-10(5-7-11)13(17)14-9-8-12(16)20-2/h4-7,15H,3,8-9H2,1-2H3,(H,14,17). The molecule has 8 heteroatoms. The van der Waals surface area contributed by atoms with Gasteiger partial charge < -0.3 is 10.1 Å². The van der Waals surface area contributed by atoms with Gasteiger partial charge in [-0.05, 0) is 24.3 Å². The average molecular weight is 314 g/mol. The van der Waals surface area contributed by atoms with Crippen LogP contribution in [0.15, 0.2) is 29.2 Å². The lowest BCUT2D eigenvalue weighted by atomic mass is 10.2. The maximum Gasteiger partial charge on any atom is 0.307 e. The third-order valence-electron chi connectivity index (χ3n) is 2.60. The highest BCUT2D eigenvalue weighted by molar-refractivity contribution is 7.89. The molecule has 0 atom stereocenters. The van der Waals surface area contributed by atoms with Crippen LogP contribution < -0.4 is 10.0 Å². The third-order valence-corrected chi connectivity index (χ3v) is 4.16. The number of amides is 1. The van der Waals surface area contributed by atoms with Crippen LogP contribution in [0, 0.1) is 0 Å². The number of esters is 1. The summed E-state index contributed by atoms with van der Waals surface area (Å²) >= 11 is 0. The van der Waals surface area contributed by atoms with Crippen molar-refractivity contribution in [1.29, 1.82) is 0 Å². The molecule has 0 fully saturated rings. The molecule has 116 valence electrons. The van der Waals surface area contributed by atoms with Gasteiger partial charge in [-0.2, -0.15) is 0 Å². The second kappa shape index (κ2) is 7.75. The van der Waals surface area contributed by atoms with Crippen LogP contribution >= 0.6 is 0 Å². The number of hydrogen-bond donors (Lipinski definition) is 2. The van der Waals surface area contributed by atoms with Gasteiger partial charge in [-0.25, -0.2) is 13.1 Å². The fourth-order valence-corrected chi connectivity index (χ4v) is 2.58. The predicted octanol–water partition coefficient (Wildman–Crippen LogP) is 0.278. The van der Waals surface area contributed by atoms with Crippen molar-refractivity contribution in [3.05, 3.63) is 29.8 Å². The van der Waals surface area contributed by atoms with E-state index < -0.39 is 16.0 Å². The summed E-state index contributed by atoms with van der Waals surface area (Å²) in [6.07, 6.45) is 0.0785. The maximum absolute atomic E-state index is 11.8. The van der Waals surface area contributed by atoms with Crippen molar-refractivity contribution in [3.8, 4) is 0 Å². The Kier molecular flexibility index (Phi) is 6.32. The van der Waals surface area contributed by atoms with E-state index >= 15 is 0 Å². The zero-order chi connectivity index (χ0) is 15.9. The molecule has 0 spiro atoms. The smallest absolute Gasteiger partial charge is 0.307 e. The second-order valence-electron chi connectivity index (χ2n) is 4.11. The molecule has 1 aromatic rings. The van der Waals surface area contributed by atoms with E-state index in [4.69, 9.17) is 0 Å². The molecule has 7 nitrogen and oxygen atoms in total. The van der Waals surface area contributed by atoms with Gasteiger partial charge >= 0.3 is 5.97 Å². The number of nitrogens with one attached hydrogen (secondary N) is 2. The molecule has 0 saturated carbocycles. The minimum atomic E-state index is -3.53. The molecule has 0 radical (unpaired) electrons. The van der Waals surface area contributed by atoms with Crippen molar-refractivity contribution in [2.24, 2.45) is 0 Å². The predicted molar refractivity (Wildman–Crippen MR) is 76.3 cm³/mol. The Morgan fingerprint density at radius 3 is 2.33 bits per heavy atom. The van der Waals surface area contributed by atoms with E-state index in [1.165, 1.54) is 31.4 Å². The molecule has 0 heterocycles. The largest absolute Gasteiger partial charge is 0.469 e. The Morgan fingerprint density at radius 2 is 1.81 bits per heavy atom. The monoisotopic (exact) mass is 314 g/mol. The maximum atomic E-state index is 11.8. The van der Waals surface area contributed by atoms with Gasteiger partial charge in [0.25, 0.3) is 5.91 Å². The number of hydrogen-bond acceptors (Lipinski definition) is 5. The molecule has 21 heavy (non-hydrogen) atoms. The Morgan fingerprint density at radius 1 is 1.19 bits per heavy atom. The number of carbonyl (C=O) groups is 2. The van der Waals surface area contributed by atoms with Crippen molar-refractivity contribution < 1.29 is 22.7 Å². The first-order valence-corrected chi connectivity index (χ1v) is 7.83. The average Bonchev–Trinajstić information content (AvgIpc) is 2.47. The zero-order valence-corrected chi connectivity index (χ0v) is 12.7. The number of sulfonamides is 1. The number of carbonyl (C=O) groups excluding carboxylic acids is 2. The van der Waals surface area contributed by atoms with Crippen molar-refractivity contribution >= 4 is 21.9 Å². The molecule has 0 saturated heterocycles. The highest BCUT2D eigenvalue weighted by atomic mass is 32.2. The molecular formula is C13H18N2O5S. The molecule has 1 amide bonds. The highest BCUT2D eigenvalue weighted by Crippen LogP contribution is 2.10. The van der Waals surface area contributed by atoms with E-state index in [1.807, 2.05) is 0 Å². The Bertz CT molecular complexity index is 595. The number of benzene rings is 1. The zero-order valence-electron chi connectivity index (χ0n) is 11.9. The normalized spacial score (nSPS) is 11.0. The number of methoxy groups -OCH3 is 1. The van der Waals surface area contributed by atoms with Gasteiger partial charge in [-0.15, -0.1) is 0 Å². The van der Waals surface area contributed by atoms with E-state index in [0.717, 1.165) is 0 Å². The highest BCUT2D eigenvalue weighted by Gasteiger charge is 2.13. The summed E-state index contributed by atoms with van der Waals surface area (Å²) in [5, 5.41) is 2.54. The summed E-state index contributed by atoms with van der Waals surface area (Å²) in [6.45, 7) is 2.13. The summed E-state index contributed by atoms with van der Waals surface area (Å²) in [5.41, 5.74) is 0.315. The summed E-state index contributed by atoms with van der Waals surface area (Å²) in [6, 6.07) is 5.54. The third kappa shape index (κ3) is 5.16. The minimum absolute atomic E-state index is 0.0785. The van der Waals surface area contributed by atoms with Crippen LogP contribution in [0.3, 0.4) is 0 Å². The first kappa shape index (κ1) is 17.1. The molecule has 2 N–H and O–H groups in total. The lowest BCUT2D eigenvalue weighted by Crippen LogP contribution is -2.26. The van der Waals surface area contributed by atoms with E-state index in [1.54, 1.807) is 6.92 Å². The van der Waals surface area contributed by atoms with Crippen LogP contribution in [-0.4, -0.2) is 40.5 Å². The SMILES string of the molecule is CCNS(=O)(=O)c1ccc(C(=O)NCCC(=O)OC)cc1. The topological polar surface area (TPSA) is 102 Å².